The molecule has 0 radical (unpaired) electrons. The number of carbonyl (C=O) groups is 2. The Morgan fingerprint density at radius 2 is 1.94 bits per heavy atom. The van der Waals surface area contributed by atoms with Crippen LogP contribution in [0.1, 0.15) is 24.9 Å². The quantitative estimate of drug-likeness (QED) is 0.773. The van der Waals surface area contributed by atoms with E-state index in [2.05, 4.69) is 19.8 Å². The number of benzene rings is 1. The van der Waals surface area contributed by atoms with E-state index in [1.807, 2.05) is 18.2 Å². The van der Waals surface area contributed by atoms with Crippen molar-refractivity contribution in [3.63, 3.8) is 0 Å². The molecule has 0 aliphatic carbocycles. The molecular formula is C11H15N2O2P. The lowest BCUT2D eigenvalue weighted by Gasteiger charge is -2.17. The van der Waals surface area contributed by atoms with Crippen molar-refractivity contribution >= 4 is 21.2 Å². The first kappa shape index (κ1) is 12.7. The third-order valence-corrected chi connectivity index (χ3v) is 2.45. The predicted octanol–water partition coefficient (Wildman–Crippen LogP) is 1.16. The van der Waals surface area contributed by atoms with E-state index in [4.69, 9.17) is 0 Å². The minimum absolute atomic E-state index is 0.151. The van der Waals surface area contributed by atoms with Crippen LogP contribution in [0.15, 0.2) is 30.3 Å². The van der Waals surface area contributed by atoms with Crippen molar-refractivity contribution in [2.75, 3.05) is 0 Å². The van der Waals surface area contributed by atoms with Crippen molar-refractivity contribution < 1.29 is 9.59 Å². The topological polar surface area (TPSA) is 58.2 Å². The molecule has 5 heteroatoms. The van der Waals surface area contributed by atoms with Gasteiger partial charge in [0.05, 0.1) is 0 Å². The second-order valence-corrected chi connectivity index (χ2v) is 3.56. The van der Waals surface area contributed by atoms with Gasteiger partial charge >= 0.3 is 0 Å². The number of amides is 2. The van der Waals surface area contributed by atoms with Crippen molar-refractivity contribution in [1.82, 2.24) is 10.4 Å². The Kier molecular flexibility index (Phi) is 4.93. The van der Waals surface area contributed by atoms with E-state index >= 15 is 0 Å². The smallest absolute Gasteiger partial charge is 0.250 e. The van der Waals surface area contributed by atoms with Crippen LogP contribution in [-0.2, 0) is 9.59 Å². The number of hydrogen-bond acceptors (Lipinski definition) is 2. The van der Waals surface area contributed by atoms with Gasteiger partial charge in [-0.05, 0) is 15.0 Å². The zero-order chi connectivity index (χ0) is 12.0. The maximum Gasteiger partial charge on any atom is 0.250 e. The van der Waals surface area contributed by atoms with Crippen molar-refractivity contribution in [2.45, 2.75) is 19.4 Å². The van der Waals surface area contributed by atoms with Gasteiger partial charge in [0, 0.05) is 6.42 Å². The van der Waals surface area contributed by atoms with Gasteiger partial charge < -0.3 is 10.4 Å². The fourth-order valence-electron chi connectivity index (χ4n) is 1.29. The van der Waals surface area contributed by atoms with Crippen molar-refractivity contribution in [3.05, 3.63) is 35.9 Å². The highest BCUT2D eigenvalue weighted by molar-refractivity contribution is 7.15. The van der Waals surface area contributed by atoms with Crippen molar-refractivity contribution in [3.8, 4) is 0 Å². The standard InChI is InChI=1S/C11H15N2O2P/c1-2-9(14)12-10(11(15)13-16)8-6-4-3-5-7-8/h3-7,10H,2,16H2,1H3,(H,12,14)(H,13,15). The summed E-state index contributed by atoms with van der Waals surface area (Å²) in [7, 11) is 2.14. The number of rotatable bonds is 4. The zero-order valence-electron chi connectivity index (χ0n) is 9.07. The zero-order valence-corrected chi connectivity index (χ0v) is 10.2. The molecule has 0 bridgehead atoms. The van der Waals surface area contributed by atoms with Gasteiger partial charge in [-0.15, -0.1) is 0 Å². The Balaban J connectivity index is 2.88. The maximum atomic E-state index is 11.6. The van der Waals surface area contributed by atoms with E-state index in [-0.39, 0.29) is 11.8 Å². The molecule has 0 saturated heterocycles. The van der Waals surface area contributed by atoms with Gasteiger partial charge in [-0.2, -0.15) is 0 Å². The molecule has 16 heavy (non-hydrogen) atoms. The summed E-state index contributed by atoms with van der Waals surface area (Å²) in [5, 5.41) is 5.13. The molecule has 0 fully saturated rings. The van der Waals surface area contributed by atoms with Crippen LogP contribution in [0.5, 0.6) is 0 Å². The lowest BCUT2D eigenvalue weighted by molar-refractivity contribution is -0.128. The Labute approximate surface area is 97.1 Å². The van der Waals surface area contributed by atoms with Gasteiger partial charge in [0.2, 0.25) is 11.8 Å². The molecule has 0 aromatic heterocycles. The molecule has 0 aliphatic heterocycles. The molecule has 0 aliphatic rings. The Morgan fingerprint density at radius 3 is 2.44 bits per heavy atom. The summed E-state index contributed by atoms with van der Waals surface area (Å²) in [4.78, 5) is 22.9. The number of hydrogen-bond donors (Lipinski definition) is 2. The molecule has 0 spiro atoms. The van der Waals surface area contributed by atoms with E-state index in [9.17, 15) is 9.59 Å². The van der Waals surface area contributed by atoms with Crippen LogP contribution < -0.4 is 10.4 Å². The molecule has 2 atom stereocenters. The Bertz CT molecular complexity index is 368. The van der Waals surface area contributed by atoms with Crippen LogP contribution in [0.3, 0.4) is 0 Å². The summed E-state index contributed by atoms with van der Waals surface area (Å²) in [6.45, 7) is 1.75. The van der Waals surface area contributed by atoms with E-state index in [0.29, 0.717) is 6.42 Å². The van der Waals surface area contributed by atoms with Crippen LogP contribution >= 0.6 is 9.39 Å². The van der Waals surface area contributed by atoms with Crippen molar-refractivity contribution in [1.29, 1.82) is 0 Å². The van der Waals surface area contributed by atoms with Crippen LogP contribution in [0.2, 0.25) is 0 Å². The monoisotopic (exact) mass is 238 g/mol. The van der Waals surface area contributed by atoms with Crippen molar-refractivity contribution in [2.24, 2.45) is 0 Å². The molecule has 1 aromatic carbocycles. The average Bonchev–Trinajstić information content (AvgIpc) is 2.35. The van der Waals surface area contributed by atoms with Crippen LogP contribution in [-0.4, -0.2) is 11.8 Å². The van der Waals surface area contributed by atoms with Crippen LogP contribution in [0, 0.1) is 0 Å². The largest absolute Gasteiger partial charge is 0.341 e. The molecule has 1 aromatic rings. The molecule has 0 saturated carbocycles. The van der Waals surface area contributed by atoms with Gasteiger partial charge in [-0.25, -0.2) is 0 Å². The minimum atomic E-state index is -0.633. The molecule has 0 heterocycles. The van der Waals surface area contributed by atoms with Gasteiger partial charge in [-0.1, -0.05) is 37.3 Å². The summed E-state index contributed by atoms with van der Waals surface area (Å²) in [6.07, 6.45) is 0.355. The fraction of sp³-hybridized carbons (Fsp3) is 0.273. The predicted molar refractivity (Wildman–Crippen MR) is 65.5 cm³/mol. The molecule has 2 amide bonds. The molecular weight excluding hydrogens is 223 g/mol. The lowest BCUT2D eigenvalue weighted by Crippen LogP contribution is -2.37. The first-order valence-electron chi connectivity index (χ1n) is 5.03. The molecule has 1 rings (SSSR count). The van der Waals surface area contributed by atoms with Gasteiger partial charge in [0.1, 0.15) is 6.04 Å². The molecule has 86 valence electrons. The van der Waals surface area contributed by atoms with Crippen LogP contribution in [0.25, 0.3) is 0 Å². The SMILES string of the molecule is CCC(=O)NC(C(=O)NP)c1ccccc1. The highest BCUT2D eigenvalue weighted by atomic mass is 31.0. The van der Waals surface area contributed by atoms with Crippen LogP contribution in [0.4, 0.5) is 0 Å². The van der Waals surface area contributed by atoms with Gasteiger partial charge in [-0.3, -0.25) is 9.59 Å². The third-order valence-electron chi connectivity index (χ3n) is 2.16. The number of nitrogens with one attached hydrogen (secondary N) is 2. The van der Waals surface area contributed by atoms with Gasteiger partial charge in [0.25, 0.3) is 0 Å². The summed E-state index contributed by atoms with van der Waals surface area (Å²) >= 11 is 0. The summed E-state index contributed by atoms with van der Waals surface area (Å²) < 4.78 is 0. The molecule has 2 N–H and O–H groups in total. The maximum absolute atomic E-state index is 11.6. The minimum Gasteiger partial charge on any atom is -0.341 e. The van der Waals surface area contributed by atoms with E-state index in [1.54, 1.807) is 19.1 Å². The Morgan fingerprint density at radius 1 is 1.31 bits per heavy atom. The third kappa shape index (κ3) is 3.31. The van der Waals surface area contributed by atoms with E-state index in [1.165, 1.54) is 0 Å². The first-order chi connectivity index (χ1) is 7.69. The lowest BCUT2D eigenvalue weighted by atomic mass is 10.1. The molecule has 4 nitrogen and oxygen atoms in total. The summed E-state index contributed by atoms with van der Waals surface area (Å²) in [6, 6.07) is 8.50. The normalized spacial score (nSPS) is 11.6. The summed E-state index contributed by atoms with van der Waals surface area (Å²) in [5.41, 5.74) is 0.768. The first-order valence-corrected chi connectivity index (χ1v) is 5.61. The highest BCUT2D eigenvalue weighted by Gasteiger charge is 2.20. The second-order valence-electron chi connectivity index (χ2n) is 3.27. The van der Waals surface area contributed by atoms with Gasteiger partial charge in [0.15, 0.2) is 0 Å². The van der Waals surface area contributed by atoms with E-state index < -0.39 is 6.04 Å². The fourth-order valence-corrected chi connectivity index (χ4v) is 1.46. The second kappa shape index (κ2) is 6.23. The van der Waals surface area contributed by atoms with E-state index in [0.717, 1.165) is 5.56 Å². The molecule has 2 unspecified atom stereocenters. The summed E-state index contributed by atoms with van der Waals surface area (Å²) in [5.74, 6) is -0.402. The Hall–Kier alpha value is -1.41. The average molecular weight is 238 g/mol. The number of carbonyl (C=O) groups excluding carboxylic acids is 2. The highest BCUT2D eigenvalue weighted by Crippen LogP contribution is 2.13.